The number of hydrazine groups is 1. The minimum Gasteiger partial charge on any atom is -0.493 e. The number of hydrogen-bond acceptors (Lipinski definition) is 6. The molecule has 26 heavy (non-hydrogen) atoms. The topological polar surface area (TPSA) is 111 Å². The monoisotopic (exact) mass is 382 g/mol. The highest BCUT2D eigenvalue weighted by Crippen LogP contribution is 2.28. The van der Waals surface area contributed by atoms with E-state index in [1.807, 2.05) is 25.1 Å². The molecule has 1 aromatic carbocycles. The molecule has 0 radical (unpaired) electrons. The number of rotatable bonds is 6. The summed E-state index contributed by atoms with van der Waals surface area (Å²) in [6, 6.07) is 5.27. The number of hydrogen-bond donors (Lipinski definition) is 2. The minimum atomic E-state index is -3.16. The second kappa shape index (κ2) is 8.70. The maximum absolute atomic E-state index is 11.9. The lowest BCUT2D eigenvalue weighted by molar-refractivity contribution is -0.131. The average molecular weight is 382 g/mol. The Kier molecular flexibility index (Phi) is 6.62. The Hall–Kier alpha value is -2.55. The van der Waals surface area contributed by atoms with Gasteiger partial charge >= 0.3 is 0 Å². The van der Waals surface area contributed by atoms with Gasteiger partial charge in [-0.05, 0) is 31.0 Å². The third kappa shape index (κ3) is 5.48. The van der Waals surface area contributed by atoms with Crippen LogP contribution in [0.15, 0.2) is 24.3 Å². The molecule has 1 heterocycles. The molecule has 9 heteroatoms. The van der Waals surface area contributed by atoms with E-state index >= 15 is 0 Å². The van der Waals surface area contributed by atoms with Crippen molar-refractivity contribution in [2.75, 3.05) is 25.2 Å². The lowest BCUT2D eigenvalue weighted by Gasteiger charge is -2.13. The van der Waals surface area contributed by atoms with Crippen LogP contribution in [0.25, 0.3) is 6.08 Å². The average Bonchev–Trinajstić information content (AvgIpc) is 2.98. The molecule has 0 aliphatic carbocycles. The van der Waals surface area contributed by atoms with Gasteiger partial charge in [0.1, 0.15) is 0 Å². The fourth-order valence-electron chi connectivity index (χ4n) is 2.51. The Morgan fingerprint density at radius 3 is 2.65 bits per heavy atom. The van der Waals surface area contributed by atoms with Crippen LogP contribution in [-0.4, -0.2) is 45.5 Å². The van der Waals surface area contributed by atoms with Crippen molar-refractivity contribution in [1.82, 2.24) is 10.9 Å². The molecule has 1 saturated heterocycles. The van der Waals surface area contributed by atoms with Gasteiger partial charge in [-0.25, -0.2) is 8.42 Å². The third-order valence-electron chi connectivity index (χ3n) is 3.83. The van der Waals surface area contributed by atoms with Crippen molar-refractivity contribution >= 4 is 27.7 Å². The Labute approximate surface area is 152 Å². The molecule has 0 unspecified atom stereocenters. The van der Waals surface area contributed by atoms with E-state index in [-0.39, 0.29) is 24.5 Å². The number of amides is 2. The summed E-state index contributed by atoms with van der Waals surface area (Å²) in [5.41, 5.74) is 5.38. The number of carbonyl (C=O) groups excluding carboxylic acids is 2. The van der Waals surface area contributed by atoms with E-state index in [9.17, 15) is 18.0 Å². The number of nitrogens with one attached hydrogen (secondary N) is 2. The molecule has 2 amide bonds. The van der Waals surface area contributed by atoms with Crippen LogP contribution in [0.2, 0.25) is 0 Å². The first-order valence-electron chi connectivity index (χ1n) is 8.07. The van der Waals surface area contributed by atoms with Crippen LogP contribution in [0.5, 0.6) is 11.5 Å². The van der Waals surface area contributed by atoms with Crippen LogP contribution >= 0.6 is 0 Å². The van der Waals surface area contributed by atoms with Gasteiger partial charge in [0.15, 0.2) is 27.9 Å². The van der Waals surface area contributed by atoms with E-state index < -0.39 is 27.6 Å². The fourth-order valence-corrected chi connectivity index (χ4v) is 4.26. The molecule has 2 rings (SSSR count). The summed E-state index contributed by atoms with van der Waals surface area (Å²) in [7, 11) is -1.66. The summed E-state index contributed by atoms with van der Waals surface area (Å²) in [5, 5.41) is 0. The van der Waals surface area contributed by atoms with E-state index in [1.165, 1.54) is 7.11 Å². The zero-order valence-corrected chi connectivity index (χ0v) is 15.5. The van der Waals surface area contributed by atoms with Gasteiger partial charge in [-0.2, -0.15) is 0 Å². The lowest BCUT2D eigenvalue weighted by Crippen LogP contribution is -2.46. The molecule has 1 fully saturated rings. The van der Waals surface area contributed by atoms with E-state index in [0.717, 1.165) is 5.56 Å². The van der Waals surface area contributed by atoms with Gasteiger partial charge < -0.3 is 9.47 Å². The first-order valence-corrected chi connectivity index (χ1v) is 9.89. The Morgan fingerprint density at radius 2 is 2.04 bits per heavy atom. The minimum absolute atomic E-state index is 0.00878. The van der Waals surface area contributed by atoms with Crippen LogP contribution < -0.4 is 20.3 Å². The Bertz CT molecular complexity index is 803. The lowest BCUT2D eigenvalue weighted by atomic mass is 10.1. The molecule has 0 bridgehead atoms. The summed E-state index contributed by atoms with van der Waals surface area (Å²) >= 11 is 0. The maximum Gasteiger partial charge on any atom is 0.276 e. The van der Waals surface area contributed by atoms with E-state index in [0.29, 0.717) is 11.5 Å². The highest BCUT2D eigenvalue weighted by molar-refractivity contribution is 7.91. The smallest absolute Gasteiger partial charge is 0.276 e. The fraction of sp³-hybridized carbons (Fsp3) is 0.412. The number of methoxy groups -OCH3 is 1. The van der Waals surface area contributed by atoms with E-state index in [2.05, 4.69) is 10.9 Å². The molecule has 8 nitrogen and oxygen atoms in total. The molecule has 1 aromatic rings. The summed E-state index contributed by atoms with van der Waals surface area (Å²) in [5.74, 6) is -1.06. The van der Waals surface area contributed by atoms with Crippen molar-refractivity contribution in [3.63, 3.8) is 0 Å². The largest absolute Gasteiger partial charge is 0.493 e. The van der Waals surface area contributed by atoms with Gasteiger partial charge in [-0.3, -0.25) is 20.4 Å². The van der Waals surface area contributed by atoms with Crippen LogP contribution in [0, 0.1) is 5.92 Å². The predicted octanol–water partition coefficient (Wildman–Crippen LogP) is 0.689. The second-order valence-corrected chi connectivity index (χ2v) is 8.07. The van der Waals surface area contributed by atoms with E-state index in [4.69, 9.17) is 9.47 Å². The highest BCUT2D eigenvalue weighted by Gasteiger charge is 2.33. The van der Waals surface area contributed by atoms with Crippen molar-refractivity contribution < 1.29 is 27.5 Å². The summed E-state index contributed by atoms with van der Waals surface area (Å²) in [6.07, 6.45) is 4.05. The molecule has 1 aliphatic rings. The van der Waals surface area contributed by atoms with Crippen LogP contribution in [0.3, 0.4) is 0 Å². The van der Waals surface area contributed by atoms with Crippen molar-refractivity contribution in [3.05, 3.63) is 29.8 Å². The van der Waals surface area contributed by atoms with Gasteiger partial charge in [0, 0.05) is 0 Å². The Balaban J connectivity index is 1.82. The van der Waals surface area contributed by atoms with Gasteiger partial charge in [0.2, 0.25) is 5.91 Å². The standard InChI is InChI=1S/C17H22N2O6S/c1-3-4-12-5-6-14(15(9-12)24-2)25-10-16(20)18-19-17(21)13-7-8-26(22,23)11-13/h3-6,9,13H,7-8,10-11H2,1-2H3,(H,18,20)(H,19,21)/b4-3+/t13-/m1/s1. The first kappa shape index (κ1) is 19.8. The molecule has 142 valence electrons. The quantitative estimate of drug-likeness (QED) is 0.701. The third-order valence-corrected chi connectivity index (χ3v) is 5.60. The number of benzene rings is 1. The molecule has 0 spiro atoms. The number of ether oxygens (including phenoxy) is 2. The SMILES string of the molecule is C/C=C/c1ccc(OCC(=O)NNC(=O)[C@@H]2CCS(=O)(=O)C2)c(OC)c1. The van der Waals surface area contributed by atoms with Crippen molar-refractivity contribution in [1.29, 1.82) is 0 Å². The second-order valence-electron chi connectivity index (χ2n) is 5.84. The number of carbonyl (C=O) groups is 2. The maximum atomic E-state index is 11.9. The van der Waals surface area contributed by atoms with Crippen LogP contribution in [-0.2, 0) is 19.4 Å². The molecule has 0 aromatic heterocycles. The molecule has 0 saturated carbocycles. The molecule has 1 atom stereocenters. The van der Waals surface area contributed by atoms with Crippen LogP contribution in [0.1, 0.15) is 18.9 Å². The van der Waals surface area contributed by atoms with Crippen LogP contribution in [0.4, 0.5) is 0 Å². The van der Waals surface area contributed by atoms with E-state index in [1.54, 1.807) is 12.1 Å². The van der Waals surface area contributed by atoms with Gasteiger partial charge in [-0.15, -0.1) is 0 Å². The summed E-state index contributed by atoms with van der Waals surface area (Å²) < 4.78 is 33.4. The number of allylic oxidation sites excluding steroid dienone is 1. The van der Waals surface area contributed by atoms with Gasteiger partial charge in [-0.1, -0.05) is 18.2 Å². The van der Waals surface area contributed by atoms with Gasteiger partial charge in [0.05, 0.1) is 24.5 Å². The highest BCUT2D eigenvalue weighted by atomic mass is 32.2. The first-order chi connectivity index (χ1) is 12.3. The van der Waals surface area contributed by atoms with Crippen molar-refractivity contribution in [2.45, 2.75) is 13.3 Å². The zero-order valence-electron chi connectivity index (χ0n) is 14.7. The molecular formula is C17H22N2O6S. The van der Waals surface area contributed by atoms with Crippen molar-refractivity contribution in [3.8, 4) is 11.5 Å². The Morgan fingerprint density at radius 1 is 1.27 bits per heavy atom. The summed E-state index contributed by atoms with van der Waals surface area (Å²) in [4.78, 5) is 23.7. The number of sulfone groups is 1. The molecule has 1 aliphatic heterocycles. The molecule has 2 N–H and O–H groups in total. The summed E-state index contributed by atoms with van der Waals surface area (Å²) in [6.45, 7) is 1.57. The van der Waals surface area contributed by atoms with Gasteiger partial charge in [0.25, 0.3) is 5.91 Å². The molecular weight excluding hydrogens is 360 g/mol. The van der Waals surface area contributed by atoms with Crippen molar-refractivity contribution in [2.24, 2.45) is 5.92 Å². The predicted molar refractivity (Wildman–Crippen MR) is 96.2 cm³/mol. The zero-order chi connectivity index (χ0) is 19.2. The normalized spacial score (nSPS) is 18.5.